The van der Waals surface area contributed by atoms with Gasteiger partial charge in [-0.05, 0) is 5.53 Å². The first-order valence-corrected chi connectivity index (χ1v) is 9.55. The van der Waals surface area contributed by atoms with Gasteiger partial charge in [-0.1, -0.05) is 5.11 Å². The molecule has 0 aromatic carbocycles. The van der Waals surface area contributed by atoms with Gasteiger partial charge < -0.3 is 35.2 Å². The molecule has 7 N–H and O–H groups in total. The number of aromatic amines is 1. The van der Waals surface area contributed by atoms with Crippen LogP contribution in [0, 0.1) is 0 Å². The number of carboxylic acids is 1. The lowest BCUT2D eigenvalue weighted by atomic mass is 10.1. The number of aliphatic hydroxyl groups excluding tert-OH is 2. The van der Waals surface area contributed by atoms with Crippen molar-refractivity contribution >= 4 is 13.6 Å². The Morgan fingerprint density at radius 1 is 1.55 bits per heavy atom. The molecule has 1 unspecified atom stereocenters. The maximum absolute atomic E-state index is 12.0. The smallest absolute Gasteiger partial charge is 0.330 e. The molecule has 6 atom stereocenters. The van der Waals surface area contributed by atoms with Crippen molar-refractivity contribution in [2.75, 3.05) is 12.8 Å². The number of azide groups is 1. The third kappa shape index (κ3) is 4.90. The quantitative estimate of drug-likeness (QED) is 0.106. The summed E-state index contributed by atoms with van der Waals surface area (Å²) in [5.41, 5.74) is 9.72. The van der Waals surface area contributed by atoms with Crippen LogP contribution in [-0.2, 0) is 18.6 Å². The second kappa shape index (κ2) is 8.44. The molecule has 1 aliphatic heterocycles. The van der Waals surface area contributed by atoms with Crippen LogP contribution in [0.1, 0.15) is 6.23 Å². The van der Waals surface area contributed by atoms with Crippen molar-refractivity contribution in [1.82, 2.24) is 9.55 Å². The minimum absolute atomic E-state index is 0.683. The Balaban J connectivity index is 2.30. The number of aliphatic carboxylic acids is 1. The van der Waals surface area contributed by atoms with Crippen molar-refractivity contribution in [1.29, 1.82) is 0 Å². The van der Waals surface area contributed by atoms with E-state index in [0.29, 0.717) is 4.57 Å². The van der Waals surface area contributed by atoms with E-state index < -0.39 is 67.8 Å². The zero-order valence-corrected chi connectivity index (χ0v) is 15.3. The largest absolute Gasteiger partial charge is 0.480 e. The predicted molar refractivity (Wildman–Crippen MR) is 91.6 cm³/mol. The lowest BCUT2D eigenvalue weighted by molar-refractivity contribution is -0.138. The number of ether oxygens (including phenoxy) is 1. The van der Waals surface area contributed by atoms with E-state index in [1.165, 1.54) is 0 Å². The van der Waals surface area contributed by atoms with Crippen LogP contribution in [0.4, 0.5) is 0 Å². The van der Waals surface area contributed by atoms with Gasteiger partial charge in [0.1, 0.15) is 18.2 Å². The zero-order chi connectivity index (χ0) is 22.0. The van der Waals surface area contributed by atoms with Crippen LogP contribution in [-0.4, -0.2) is 72.5 Å². The van der Waals surface area contributed by atoms with Gasteiger partial charge in [0, 0.05) is 17.2 Å². The summed E-state index contributed by atoms with van der Waals surface area (Å²) in [5.74, 6) is -1.57. The predicted octanol–water partition coefficient (Wildman–Crippen LogP) is -2.59. The van der Waals surface area contributed by atoms with E-state index in [2.05, 4.69) is 10.0 Å². The zero-order valence-electron chi connectivity index (χ0n) is 14.4. The number of carbonyl (C=O) groups is 1. The van der Waals surface area contributed by atoms with Crippen LogP contribution in [0.3, 0.4) is 0 Å². The summed E-state index contributed by atoms with van der Waals surface area (Å²) in [6.07, 6.45) is -5.64. The highest BCUT2D eigenvalue weighted by molar-refractivity contribution is 7.52. The number of hydrogen-bond acceptors (Lipinski definition) is 10. The summed E-state index contributed by atoms with van der Waals surface area (Å²) in [6.45, 7) is -1.09. The maximum Gasteiger partial charge on any atom is 0.330 e. The van der Waals surface area contributed by atoms with Gasteiger partial charge in [0.2, 0.25) is 5.72 Å². The molecule has 160 valence electrons. The molecule has 17 heteroatoms. The lowest BCUT2D eigenvalue weighted by Crippen LogP contribution is -2.45. The molecule has 2 heterocycles. The molecule has 0 bridgehead atoms. The van der Waals surface area contributed by atoms with E-state index in [1.807, 2.05) is 4.98 Å². The Bertz CT molecular complexity index is 988. The molecule has 0 radical (unpaired) electrons. The van der Waals surface area contributed by atoms with E-state index in [-0.39, 0.29) is 0 Å². The van der Waals surface area contributed by atoms with Crippen LogP contribution in [0.2, 0.25) is 0 Å². The van der Waals surface area contributed by atoms with E-state index in [4.69, 9.17) is 25.6 Å². The molecule has 1 aromatic heterocycles. The van der Waals surface area contributed by atoms with Crippen LogP contribution in [0.5, 0.6) is 0 Å². The van der Waals surface area contributed by atoms with Crippen molar-refractivity contribution in [2.45, 2.75) is 30.2 Å². The number of hydrogen-bond donors (Lipinski definition) is 6. The summed E-state index contributed by atoms with van der Waals surface area (Å²) in [5, 5.41) is 32.4. The highest BCUT2D eigenvalue weighted by Crippen LogP contribution is 2.46. The lowest BCUT2D eigenvalue weighted by Gasteiger charge is -2.27. The van der Waals surface area contributed by atoms with Crippen LogP contribution < -0.4 is 17.0 Å². The first-order chi connectivity index (χ1) is 13.4. The molecule has 0 amide bonds. The van der Waals surface area contributed by atoms with Gasteiger partial charge in [0.05, 0.1) is 12.8 Å². The molecule has 1 saturated heterocycles. The first-order valence-electron chi connectivity index (χ1n) is 7.79. The maximum atomic E-state index is 12.0. The molecule has 1 aliphatic rings. The van der Waals surface area contributed by atoms with E-state index in [1.54, 1.807) is 0 Å². The molecule has 0 aliphatic carbocycles. The third-order valence-corrected chi connectivity index (χ3v) is 5.35. The fourth-order valence-electron chi connectivity index (χ4n) is 2.50. The third-order valence-electron chi connectivity index (χ3n) is 3.96. The highest BCUT2D eigenvalue weighted by atomic mass is 31.2. The first kappa shape index (κ1) is 22.7. The summed E-state index contributed by atoms with van der Waals surface area (Å²) in [6, 6.07) is -0.822. The normalized spacial score (nSPS) is 29.6. The van der Waals surface area contributed by atoms with Crippen molar-refractivity contribution in [2.24, 2.45) is 10.8 Å². The van der Waals surface area contributed by atoms with E-state index in [0.717, 1.165) is 12.3 Å². The molecular weight excluding hydrogens is 419 g/mol. The topological polar surface area (TPSA) is 263 Å². The molecule has 16 nitrogen and oxygen atoms in total. The van der Waals surface area contributed by atoms with Crippen molar-refractivity contribution < 1.29 is 38.8 Å². The Morgan fingerprint density at radius 3 is 2.76 bits per heavy atom. The highest BCUT2D eigenvalue weighted by Gasteiger charge is 2.56. The van der Waals surface area contributed by atoms with Gasteiger partial charge in [-0.2, -0.15) is 0 Å². The summed E-state index contributed by atoms with van der Waals surface area (Å²) < 4.78 is 22.7. The summed E-state index contributed by atoms with van der Waals surface area (Å²) in [7, 11) is -4.65. The number of rotatable bonds is 8. The second-order valence-corrected chi connectivity index (χ2v) is 7.93. The number of aromatic nitrogens is 2. The summed E-state index contributed by atoms with van der Waals surface area (Å²) >= 11 is 0. The van der Waals surface area contributed by atoms with E-state index >= 15 is 0 Å². The Morgan fingerprint density at radius 2 is 2.21 bits per heavy atom. The van der Waals surface area contributed by atoms with Crippen LogP contribution in [0.15, 0.2) is 27.0 Å². The standard InChI is InChI=1S/C12H17N6O10P/c13-5(10(22)23)3-29(25,26)27-4-12(16-17-14)8(21)7(20)9(28-12)18-2-1-6(19)15-11(18)24/h1-2,5,7-9,20-21H,3-4,13H2,(H,22,23)(H,25,26)(H,15,19,24)/t5-,7+,8-,9+,12+/m0/s1. The van der Waals surface area contributed by atoms with E-state index in [9.17, 15) is 34.1 Å². The molecule has 0 spiro atoms. The fraction of sp³-hybridized carbons (Fsp3) is 0.583. The number of nitrogens with one attached hydrogen (secondary N) is 1. The molecule has 29 heavy (non-hydrogen) atoms. The SMILES string of the molecule is [N-]=[N+]=N[C@]1(COP(=O)(O)C[C@H](N)C(=O)O)O[C@@H](n2ccc(=O)[nH]c2=O)[C@H](O)[C@@H]1O. The second-order valence-electron chi connectivity index (χ2n) is 6.03. The Kier molecular flexibility index (Phi) is 6.62. The molecule has 0 saturated carbocycles. The average molecular weight is 436 g/mol. The molecular formula is C12H17N6O10P. The van der Waals surface area contributed by atoms with Crippen LogP contribution in [0.25, 0.3) is 10.4 Å². The number of nitrogens with two attached hydrogens (primary N) is 1. The molecule has 1 fully saturated rings. The van der Waals surface area contributed by atoms with Crippen molar-refractivity contribution in [3.05, 3.63) is 43.5 Å². The monoisotopic (exact) mass is 436 g/mol. The van der Waals surface area contributed by atoms with Gasteiger partial charge in [-0.3, -0.25) is 23.7 Å². The minimum Gasteiger partial charge on any atom is -0.480 e. The fourth-order valence-corrected chi connectivity index (χ4v) is 3.65. The number of nitrogens with zero attached hydrogens (tertiary/aromatic N) is 4. The molecule has 2 rings (SSSR count). The van der Waals surface area contributed by atoms with Gasteiger partial charge in [0.25, 0.3) is 5.56 Å². The van der Waals surface area contributed by atoms with Gasteiger partial charge in [-0.15, -0.1) is 0 Å². The van der Waals surface area contributed by atoms with Gasteiger partial charge in [-0.25, -0.2) is 4.79 Å². The minimum atomic E-state index is -4.65. The number of H-pyrrole nitrogens is 1. The van der Waals surface area contributed by atoms with Gasteiger partial charge >= 0.3 is 19.3 Å². The van der Waals surface area contributed by atoms with Crippen molar-refractivity contribution in [3.63, 3.8) is 0 Å². The van der Waals surface area contributed by atoms with Crippen molar-refractivity contribution in [3.8, 4) is 0 Å². The Labute approximate surface area is 160 Å². The molecule has 1 aromatic rings. The Hall–Kier alpha value is -2.55. The number of carboxylic acid groups (broad SMARTS) is 1. The number of aliphatic hydroxyl groups is 2. The summed E-state index contributed by atoms with van der Waals surface area (Å²) in [4.78, 5) is 47.9. The van der Waals surface area contributed by atoms with Crippen LogP contribution >= 0.6 is 7.60 Å². The van der Waals surface area contributed by atoms with Gasteiger partial charge in [0.15, 0.2) is 6.23 Å². The average Bonchev–Trinajstić information content (AvgIpc) is 2.86.